The van der Waals surface area contributed by atoms with E-state index in [9.17, 15) is 0 Å². The van der Waals surface area contributed by atoms with Crippen LogP contribution in [0.1, 0.15) is 44.1 Å². The van der Waals surface area contributed by atoms with Gasteiger partial charge in [-0.3, -0.25) is 0 Å². The summed E-state index contributed by atoms with van der Waals surface area (Å²) < 4.78 is 5.77. The van der Waals surface area contributed by atoms with Crippen molar-refractivity contribution < 1.29 is 4.74 Å². The van der Waals surface area contributed by atoms with Gasteiger partial charge in [-0.2, -0.15) is 0 Å². The number of hydrogen-bond acceptors (Lipinski definition) is 6. The first-order valence-corrected chi connectivity index (χ1v) is 15.5. The van der Waals surface area contributed by atoms with Gasteiger partial charge in [0.1, 0.15) is 5.75 Å². The standard InChI is InChI=1S/C32H44ClN5O/c1-39-30-12-11-28-31(32(34)26-10-9-25(33)20-29(26)35-28)27(30)4-2-13-36-16-18-37(19-17-36)14-3-15-38(21-23-5-6-23)22-24-7-8-24/h9-12,20,23-24H,2-8,13-19,21-22H2,1H3,(H2,34,35). The Kier molecular flexibility index (Phi) is 8.45. The first-order chi connectivity index (χ1) is 19.1. The number of nitrogens with two attached hydrogens (primary N) is 1. The average molecular weight is 550 g/mol. The first kappa shape index (κ1) is 27.1. The Morgan fingerprint density at radius 2 is 1.59 bits per heavy atom. The van der Waals surface area contributed by atoms with Crippen LogP contribution >= 0.6 is 11.6 Å². The minimum absolute atomic E-state index is 0.673. The minimum Gasteiger partial charge on any atom is -0.496 e. The number of anilines is 1. The number of pyridine rings is 1. The summed E-state index contributed by atoms with van der Waals surface area (Å²) in [6.45, 7) is 11.1. The Labute approximate surface area is 238 Å². The van der Waals surface area contributed by atoms with E-state index in [1.54, 1.807) is 7.11 Å². The van der Waals surface area contributed by atoms with Crippen LogP contribution in [-0.4, -0.2) is 85.7 Å². The maximum absolute atomic E-state index is 6.71. The third-order valence-electron chi connectivity index (χ3n) is 8.97. The van der Waals surface area contributed by atoms with Crippen LogP contribution in [0.15, 0.2) is 30.3 Å². The van der Waals surface area contributed by atoms with E-state index >= 15 is 0 Å². The summed E-state index contributed by atoms with van der Waals surface area (Å²) >= 11 is 6.22. The number of methoxy groups -OCH3 is 1. The molecule has 210 valence electrons. The highest BCUT2D eigenvalue weighted by Gasteiger charge is 2.29. The van der Waals surface area contributed by atoms with Crippen LogP contribution in [0.4, 0.5) is 5.69 Å². The van der Waals surface area contributed by atoms with Crippen molar-refractivity contribution in [1.29, 1.82) is 0 Å². The number of piperazine rings is 1. The van der Waals surface area contributed by atoms with Gasteiger partial charge >= 0.3 is 0 Å². The summed E-state index contributed by atoms with van der Waals surface area (Å²) in [5.41, 5.74) is 10.4. The van der Waals surface area contributed by atoms with E-state index in [1.807, 2.05) is 30.3 Å². The van der Waals surface area contributed by atoms with Crippen LogP contribution < -0.4 is 10.5 Å². The molecule has 1 aromatic heterocycles. The van der Waals surface area contributed by atoms with Crippen LogP contribution in [-0.2, 0) is 6.42 Å². The second kappa shape index (κ2) is 12.2. The molecule has 7 heteroatoms. The molecule has 0 unspecified atom stereocenters. The molecule has 0 atom stereocenters. The van der Waals surface area contributed by atoms with Gasteiger partial charge in [-0.25, -0.2) is 4.98 Å². The molecule has 2 aromatic carbocycles. The normalized spacial score (nSPS) is 18.9. The monoisotopic (exact) mass is 549 g/mol. The lowest BCUT2D eigenvalue weighted by Crippen LogP contribution is -2.47. The number of aryl methyl sites for hydroxylation is 1. The van der Waals surface area contributed by atoms with E-state index < -0.39 is 0 Å². The molecule has 0 amide bonds. The highest BCUT2D eigenvalue weighted by Crippen LogP contribution is 2.37. The first-order valence-electron chi connectivity index (χ1n) is 15.1. The van der Waals surface area contributed by atoms with Crippen molar-refractivity contribution in [2.75, 3.05) is 71.7 Å². The summed E-state index contributed by atoms with van der Waals surface area (Å²) in [5.74, 6) is 2.91. The molecule has 2 saturated carbocycles. The fraction of sp³-hybridized carbons (Fsp3) is 0.594. The molecule has 39 heavy (non-hydrogen) atoms. The Balaban J connectivity index is 1.00. The molecule has 2 aliphatic carbocycles. The zero-order valence-electron chi connectivity index (χ0n) is 23.5. The molecule has 6 nitrogen and oxygen atoms in total. The van der Waals surface area contributed by atoms with Gasteiger partial charge in [0.15, 0.2) is 0 Å². The maximum atomic E-state index is 6.71. The molecule has 3 aromatic rings. The number of halogens is 1. The van der Waals surface area contributed by atoms with Gasteiger partial charge in [0.25, 0.3) is 0 Å². The van der Waals surface area contributed by atoms with Crippen LogP contribution in [0.2, 0.25) is 5.02 Å². The predicted molar refractivity (Wildman–Crippen MR) is 163 cm³/mol. The van der Waals surface area contributed by atoms with Crippen molar-refractivity contribution in [1.82, 2.24) is 19.7 Å². The summed E-state index contributed by atoms with van der Waals surface area (Å²) in [7, 11) is 1.74. The SMILES string of the molecule is COc1ccc2nc3cc(Cl)ccc3c(N)c2c1CCCN1CCN(CCCN(CC2CC2)CC2CC2)CC1. The van der Waals surface area contributed by atoms with E-state index in [1.165, 1.54) is 71.4 Å². The maximum Gasteiger partial charge on any atom is 0.122 e. The van der Waals surface area contributed by atoms with E-state index in [4.69, 9.17) is 27.1 Å². The van der Waals surface area contributed by atoms with Crippen molar-refractivity contribution in [2.24, 2.45) is 11.8 Å². The number of fused-ring (bicyclic) bond motifs is 2. The molecular weight excluding hydrogens is 506 g/mol. The third-order valence-corrected chi connectivity index (χ3v) is 9.20. The molecule has 3 aliphatic rings. The number of nitrogen functional groups attached to an aromatic ring is 1. The lowest BCUT2D eigenvalue weighted by molar-refractivity contribution is 0.125. The topological polar surface area (TPSA) is 57.9 Å². The van der Waals surface area contributed by atoms with Gasteiger partial charge in [-0.05, 0) is 107 Å². The number of aromatic nitrogens is 1. The van der Waals surface area contributed by atoms with E-state index in [-0.39, 0.29) is 0 Å². The number of benzene rings is 2. The predicted octanol–water partition coefficient (Wildman–Crippen LogP) is 5.69. The Morgan fingerprint density at radius 1 is 0.923 bits per heavy atom. The fourth-order valence-electron chi connectivity index (χ4n) is 6.36. The molecule has 2 heterocycles. The molecule has 2 N–H and O–H groups in total. The van der Waals surface area contributed by atoms with Gasteiger partial charge in [0, 0.05) is 60.6 Å². The van der Waals surface area contributed by atoms with Gasteiger partial charge in [-0.1, -0.05) is 11.6 Å². The van der Waals surface area contributed by atoms with Crippen LogP contribution in [0.25, 0.3) is 21.8 Å². The largest absolute Gasteiger partial charge is 0.496 e. The average Bonchev–Trinajstić information content (AvgIpc) is 3.87. The van der Waals surface area contributed by atoms with Crippen molar-refractivity contribution in [3.8, 4) is 5.75 Å². The zero-order chi connectivity index (χ0) is 26.8. The van der Waals surface area contributed by atoms with Crippen molar-refractivity contribution >= 4 is 39.1 Å². The Hall–Kier alpha value is -2.12. The van der Waals surface area contributed by atoms with Crippen LogP contribution in [0.5, 0.6) is 5.75 Å². The Morgan fingerprint density at radius 3 is 2.23 bits per heavy atom. The van der Waals surface area contributed by atoms with Crippen molar-refractivity contribution in [3.05, 3.63) is 40.9 Å². The minimum atomic E-state index is 0.673. The smallest absolute Gasteiger partial charge is 0.122 e. The summed E-state index contributed by atoms with van der Waals surface area (Å²) in [6.07, 6.45) is 9.17. The highest BCUT2D eigenvalue weighted by atomic mass is 35.5. The summed E-state index contributed by atoms with van der Waals surface area (Å²) in [5, 5.41) is 2.64. The highest BCUT2D eigenvalue weighted by molar-refractivity contribution is 6.31. The molecule has 0 bridgehead atoms. The number of hydrogen-bond donors (Lipinski definition) is 1. The van der Waals surface area contributed by atoms with Crippen molar-refractivity contribution in [2.45, 2.75) is 44.9 Å². The third kappa shape index (κ3) is 6.79. The molecule has 0 radical (unpaired) electrons. The number of ether oxygens (including phenoxy) is 1. The lowest BCUT2D eigenvalue weighted by Gasteiger charge is -2.35. The molecule has 0 spiro atoms. The van der Waals surface area contributed by atoms with Gasteiger partial charge in [0.05, 0.1) is 23.8 Å². The Bertz CT molecular complexity index is 1270. The molecule has 1 saturated heterocycles. The second-order valence-electron chi connectivity index (χ2n) is 12.1. The van der Waals surface area contributed by atoms with Gasteiger partial charge < -0.3 is 25.2 Å². The molecule has 6 rings (SSSR count). The summed E-state index contributed by atoms with van der Waals surface area (Å²) in [6, 6.07) is 9.76. The summed E-state index contributed by atoms with van der Waals surface area (Å²) in [4.78, 5) is 13.0. The van der Waals surface area contributed by atoms with Crippen molar-refractivity contribution in [3.63, 3.8) is 0 Å². The molecule has 1 aliphatic heterocycles. The molecule has 3 fully saturated rings. The molecular formula is C32H44ClN5O. The van der Waals surface area contributed by atoms with Crippen LogP contribution in [0.3, 0.4) is 0 Å². The lowest BCUT2D eigenvalue weighted by atomic mass is 9.98. The van der Waals surface area contributed by atoms with Crippen LogP contribution in [0, 0.1) is 11.8 Å². The van der Waals surface area contributed by atoms with E-state index in [0.717, 1.165) is 83.1 Å². The number of nitrogens with zero attached hydrogens (tertiary/aromatic N) is 4. The van der Waals surface area contributed by atoms with Gasteiger partial charge in [0.2, 0.25) is 0 Å². The quantitative estimate of drug-likeness (QED) is 0.276. The second-order valence-corrected chi connectivity index (χ2v) is 12.6. The zero-order valence-corrected chi connectivity index (χ0v) is 24.3. The van der Waals surface area contributed by atoms with Gasteiger partial charge in [-0.15, -0.1) is 0 Å². The fourth-order valence-corrected chi connectivity index (χ4v) is 6.53. The number of rotatable bonds is 13. The van der Waals surface area contributed by atoms with E-state index in [2.05, 4.69) is 14.7 Å². The van der Waals surface area contributed by atoms with E-state index in [0.29, 0.717) is 5.02 Å².